The third-order valence-electron chi connectivity index (χ3n) is 3.21. The van der Waals surface area contributed by atoms with E-state index in [1.165, 1.54) is 6.92 Å². The highest BCUT2D eigenvalue weighted by Crippen LogP contribution is 2.47. The van der Waals surface area contributed by atoms with Crippen molar-refractivity contribution >= 4 is 17.4 Å². The van der Waals surface area contributed by atoms with Crippen molar-refractivity contribution in [2.45, 2.75) is 19.8 Å². The van der Waals surface area contributed by atoms with Gasteiger partial charge in [-0.2, -0.15) is 0 Å². The van der Waals surface area contributed by atoms with Crippen LogP contribution in [0.4, 0.5) is 5.69 Å². The molecule has 4 nitrogen and oxygen atoms in total. The molecule has 1 aromatic carbocycles. The second-order valence-electron chi connectivity index (χ2n) is 4.29. The average Bonchev–Trinajstić information content (AvgIpc) is 3.10. The molecule has 17 heavy (non-hydrogen) atoms. The van der Waals surface area contributed by atoms with Crippen LogP contribution >= 0.6 is 0 Å². The highest BCUT2D eigenvalue weighted by Gasteiger charge is 2.54. The van der Waals surface area contributed by atoms with E-state index in [2.05, 4.69) is 5.32 Å². The van der Waals surface area contributed by atoms with Gasteiger partial charge >= 0.3 is 0 Å². The van der Waals surface area contributed by atoms with E-state index >= 15 is 0 Å². The summed E-state index contributed by atoms with van der Waals surface area (Å²) < 4.78 is 5.14. The lowest BCUT2D eigenvalue weighted by molar-refractivity contribution is -0.131. The number of amides is 1. The summed E-state index contributed by atoms with van der Waals surface area (Å²) in [6.45, 7) is 1.47. The van der Waals surface area contributed by atoms with Gasteiger partial charge in [-0.15, -0.1) is 0 Å². The van der Waals surface area contributed by atoms with E-state index in [0.717, 1.165) is 0 Å². The summed E-state index contributed by atoms with van der Waals surface area (Å²) in [5, 5.41) is 2.76. The first kappa shape index (κ1) is 11.6. The molecule has 0 atom stereocenters. The minimum absolute atomic E-state index is 0.0649. The fourth-order valence-corrected chi connectivity index (χ4v) is 1.85. The fourth-order valence-electron chi connectivity index (χ4n) is 1.85. The number of methoxy groups -OCH3 is 1. The quantitative estimate of drug-likeness (QED) is 0.809. The summed E-state index contributed by atoms with van der Waals surface area (Å²) in [6, 6.07) is 7.16. The number of carbonyl (C=O) groups is 2. The van der Waals surface area contributed by atoms with Gasteiger partial charge in [-0.25, -0.2) is 0 Å². The van der Waals surface area contributed by atoms with E-state index in [-0.39, 0.29) is 11.7 Å². The zero-order valence-corrected chi connectivity index (χ0v) is 9.95. The number of Topliss-reactive ketones (excluding diaryl/α,β-unsaturated/α-hetero) is 1. The topological polar surface area (TPSA) is 55.4 Å². The van der Waals surface area contributed by atoms with Gasteiger partial charge in [0.15, 0.2) is 0 Å². The molecule has 0 spiro atoms. The van der Waals surface area contributed by atoms with Crippen LogP contribution in [0.2, 0.25) is 0 Å². The largest absolute Gasteiger partial charge is 0.495 e. The van der Waals surface area contributed by atoms with Crippen LogP contribution in [0.25, 0.3) is 0 Å². The number of benzene rings is 1. The highest BCUT2D eigenvalue weighted by molar-refractivity contribution is 6.13. The Kier molecular flexibility index (Phi) is 2.88. The maximum atomic E-state index is 12.0. The zero-order valence-electron chi connectivity index (χ0n) is 9.95. The molecule has 4 heteroatoms. The summed E-state index contributed by atoms with van der Waals surface area (Å²) in [4.78, 5) is 23.4. The number of anilines is 1. The minimum atomic E-state index is -0.791. The van der Waals surface area contributed by atoms with Crippen molar-refractivity contribution in [1.82, 2.24) is 0 Å². The van der Waals surface area contributed by atoms with Gasteiger partial charge in [-0.3, -0.25) is 9.59 Å². The van der Waals surface area contributed by atoms with Gasteiger partial charge in [0.05, 0.1) is 12.8 Å². The van der Waals surface area contributed by atoms with Crippen LogP contribution in [0.3, 0.4) is 0 Å². The molecule has 0 saturated heterocycles. The summed E-state index contributed by atoms with van der Waals surface area (Å²) >= 11 is 0. The van der Waals surface area contributed by atoms with Crippen LogP contribution < -0.4 is 10.1 Å². The van der Waals surface area contributed by atoms with Crippen LogP contribution in [-0.2, 0) is 9.59 Å². The van der Waals surface area contributed by atoms with E-state index < -0.39 is 5.41 Å². The van der Waals surface area contributed by atoms with E-state index in [1.807, 2.05) is 12.1 Å². The average molecular weight is 233 g/mol. The smallest absolute Gasteiger partial charge is 0.238 e. The Bertz CT molecular complexity index is 463. The van der Waals surface area contributed by atoms with E-state index in [9.17, 15) is 9.59 Å². The second-order valence-corrected chi connectivity index (χ2v) is 4.29. The first-order chi connectivity index (χ1) is 8.10. The Morgan fingerprint density at radius 3 is 2.47 bits per heavy atom. The Labute approximate surface area is 100.0 Å². The molecule has 1 aromatic rings. The van der Waals surface area contributed by atoms with Gasteiger partial charge in [-0.05, 0) is 31.9 Å². The number of rotatable bonds is 4. The Morgan fingerprint density at radius 1 is 1.29 bits per heavy atom. The first-order valence-electron chi connectivity index (χ1n) is 5.56. The number of ketones is 1. The van der Waals surface area contributed by atoms with Gasteiger partial charge < -0.3 is 10.1 Å². The summed E-state index contributed by atoms with van der Waals surface area (Å²) in [6.07, 6.45) is 1.28. The van der Waals surface area contributed by atoms with Gasteiger partial charge in [0.1, 0.15) is 16.9 Å². The number of hydrogen-bond acceptors (Lipinski definition) is 3. The molecule has 2 rings (SSSR count). The number of hydrogen-bond donors (Lipinski definition) is 1. The lowest BCUT2D eigenvalue weighted by Crippen LogP contribution is -2.30. The van der Waals surface area contributed by atoms with Crippen LogP contribution in [0, 0.1) is 5.41 Å². The van der Waals surface area contributed by atoms with Crippen molar-refractivity contribution in [2.75, 3.05) is 12.4 Å². The third kappa shape index (κ3) is 2.02. The number of carbonyl (C=O) groups excluding carboxylic acids is 2. The standard InChI is InChI=1S/C13H15NO3/c1-9(15)13(7-8-13)12(16)14-10-5-3-4-6-11(10)17-2/h3-6H,7-8H2,1-2H3,(H,14,16). The van der Waals surface area contributed by atoms with Crippen molar-refractivity contribution < 1.29 is 14.3 Å². The Hall–Kier alpha value is -1.84. The third-order valence-corrected chi connectivity index (χ3v) is 3.21. The molecule has 1 fully saturated rings. The molecule has 0 aromatic heterocycles. The number of nitrogens with one attached hydrogen (secondary N) is 1. The van der Waals surface area contributed by atoms with Crippen molar-refractivity contribution in [3.63, 3.8) is 0 Å². The van der Waals surface area contributed by atoms with E-state index in [0.29, 0.717) is 24.3 Å². The SMILES string of the molecule is COc1ccccc1NC(=O)C1(C(C)=O)CC1. The lowest BCUT2D eigenvalue weighted by Gasteiger charge is -2.14. The fraction of sp³-hybridized carbons (Fsp3) is 0.385. The molecule has 0 heterocycles. The molecule has 1 aliphatic rings. The predicted octanol–water partition coefficient (Wildman–Crippen LogP) is 2.00. The van der Waals surface area contributed by atoms with Crippen LogP contribution in [-0.4, -0.2) is 18.8 Å². The van der Waals surface area contributed by atoms with Crippen LogP contribution in [0.15, 0.2) is 24.3 Å². The van der Waals surface area contributed by atoms with E-state index in [1.54, 1.807) is 19.2 Å². The maximum absolute atomic E-state index is 12.0. The van der Waals surface area contributed by atoms with E-state index in [4.69, 9.17) is 4.74 Å². The molecule has 0 radical (unpaired) electrons. The van der Waals surface area contributed by atoms with Crippen LogP contribution in [0.5, 0.6) is 5.75 Å². The van der Waals surface area contributed by atoms with Crippen molar-refractivity contribution in [1.29, 1.82) is 0 Å². The molecular formula is C13H15NO3. The molecule has 0 aliphatic heterocycles. The van der Waals surface area contributed by atoms with Crippen molar-refractivity contribution in [3.05, 3.63) is 24.3 Å². The zero-order chi connectivity index (χ0) is 12.5. The van der Waals surface area contributed by atoms with Gasteiger partial charge in [0, 0.05) is 0 Å². The molecule has 0 bridgehead atoms. The summed E-state index contributed by atoms with van der Waals surface area (Å²) in [5.74, 6) is 0.305. The normalized spacial score (nSPS) is 16.1. The van der Waals surface area contributed by atoms with Gasteiger partial charge in [0.25, 0.3) is 0 Å². The molecule has 0 unspecified atom stereocenters. The molecule has 90 valence electrons. The second kappa shape index (κ2) is 4.20. The maximum Gasteiger partial charge on any atom is 0.238 e. The number of para-hydroxylation sites is 2. The monoisotopic (exact) mass is 233 g/mol. The van der Waals surface area contributed by atoms with Gasteiger partial charge in [-0.1, -0.05) is 12.1 Å². The predicted molar refractivity (Wildman–Crippen MR) is 64.0 cm³/mol. The molecule has 1 amide bonds. The van der Waals surface area contributed by atoms with Crippen LogP contribution in [0.1, 0.15) is 19.8 Å². The Balaban J connectivity index is 2.16. The first-order valence-corrected chi connectivity index (χ1v) is 5.56. The highest BCUT2D eigenvalue weighted by atomic mass is 16.5. The molecule has 1 aliphatic carbocycles. The van der Waals surface area contributed by atoms with Gasteiger partial charge in [0.2, 0.25) is 5.91 Å². The summed E-state index contributed by atoms with van der Waals surface area (Å²) in [5.41, 5.74) is -0.187. The number of ether oxygens (including phenoxy) is 1. The van der Waals surface area contributed by atoms with Crippen molar-refractivity contribution in [3.8, 4) is 5.75 Å². The molecule has 1 saturated carbocycles. The summed E-state index contributed by atoms with van der Waals surface area (Å²) in [7, 11) is 1.54. The minimum Gasteiger partial charge on any atom is -0.495 e. The molecular weight excluding hydrogens is 218 g/mol. The van der Waals surface area contributed by atoms with Crippen molar-refractivity contribution in [2.24, 2.45) is 5.41 Å². The Morgan fingerprint density at radius 2 is 1.94 bits per heavy atom. The lowest BCUT2D eigenvalue weighted by atomic mass is 10.0. The molecule has 1 N–H and O–H groups in total.